The van der Waals surface area contributed by atoms with Crippen LogP contribution < -0.4 is 11.1 Å². The molecule has 1 saturated heterocycles. The summed E-state index contributed by atoms with van der Waals surface area (Å²) in [6, 6.07) is 0.564. The topological polar surface area (TPSA) is 55.9 Å². The summed E-state index contributed by atoms with van der Waals surface area (Å²) in [5.74, 6) is 0.408. The molecule has 17 heavy (non-hydrogen) atoms. The average Bonchev–Trinajstić information content (AvgIpc) is 2.65. The molecule has 4 heteroatoms. The number of rotatable bonds is 3. The molecule has 0 amide bonds. The van der Waals surface area contributed by atoms with E-state index >= 15 is 0 Å². The Labute approximate surface area is 104 Å². The van der Waals surface area contributed by atoms with E-state index in [1.807, 2.05) is 0 Å². The van der Waals surface area contributed by atoms with Crippen molar-refractivity contribution in [3.05, 3.63) is 17.0 Å². The summed E-state index contributed by atoms with van der Waals surface area (Å²) in [5.41, 5.74) is 9.60. The minimum absolute atomic E-state index is 0.408. The van der Waals surface area contributed by atoms with Crippen molar-refractivity contribution in [3.63, 3.8) is 0 Å². The Bertz CT molecular complexity index is 377. The highest BCUT2D eigenvalue weighted by Crippen LogP contribution is 2.27. The van der Waals surface area contributed by atoms with Crippen molar-refractivity contribution in [2.24, 2.45) is 5.73 Å². The van der Waals surface area contributed by atoms with Gasteiger partial charge >= 0.3 is 0 Å². The first kappa shape index (κ1) is 12.6. The molecule has 1 fully saturated rings. The predicted molar refractivity (Wildman–Crippen MR) is 70.3 cm³/mol. The van der Waals surface area contributed by atoms with Crippen molar-refractivity contribution in [2.45, 2.75) is 45.6 Å². The number of nitrogens with zero attached hydrogens (tertiary/aromatic N) is 2. The molecule has 0 radical (unpaired) electrons. The maximum atomic E-state index is 5.78. The summed E-state index contributed by atoms with van der Waals surface area (Å²) in [6.07, 6.45) is 2.36. The minimum Gasteiger partial charge on any atom is -0.330 e. The van der Waals surface area contributed by atoms with Crippen LogP contribution in [0.2, 0.25) is 0 Å². The van der Waals surface area contributed by atoms with Gasteiger partial charge in [0.15, 0.2) is 0 Å². The number of hydrogen-bond acceptors (Lipinski definition) is 3. The molecular formula is C13H24N4. The Morgan fingerprint density at radius 3 is 2.65 bits per heavy atom. The van der Waals surface area contributed by atoms with Gasteiger partial charge in [-0.2, -0.15) is 5.10 Å². The van der Waals surface area contributed by atoms with Crippen LogP contribution >= 0.6 is 0 Å². The van der Waals surface area contributed by atoms with Crippen molar-refractivity contribution < 1.29 is 0 Å². The highest BCUT2D eigenvalue weighted by atomic mass is 15.3. The summed E-state index contributed by atoms with van der Waals surface area (Å²) in [4.78, 5) is 0. The quantitative estimate of drug-likeness (QED) is 0.836. The molecule has 4 nitrogen and oxygen atoms in total. The lowest BCUT2D eigenvalue weighted by Gasteiger charge is -2.24. The number of aryl methyl sites for hydroxylation is 1. The molecule has 1 aromatic heterocycles. The van der Waals surface area contributed by atoms with E-state index in [1.54, 1.807) is 0 Å². The lowest BCUT2D eigenvalue weighted by Crippen LogP contribution is -2.30. The van der Waals surface area contributed by atoms with E-state index in [4.69, 9.17) is 10.8 Å². The molecule has 3 N–H and O–H groups in total. The van der Waals surface area contributed by atoms with Gasteiger partial charge in [0.2, 0.25) is 0 Å². The van der Waals surface area contributed by atoms with Gasteiger partial charge in [0.25, 0.3) is 0 Å². The fourth-order valence-electron chi connectivity index (χ4n) is 2.91. The van der Waals surface area contributed by atoms with Gasteiger partial charge in [0, 0.05) is 5.69 Å². The first-order valence-electron chi connectivity index (χ1n) is 6.61. The van der Waals surface area contributed by atoms with E-state index in [2.05, 4.69) is 30.8 Å². The molecule has 1 aliphatic rings. The Kier molecular flexibility index (Phi) is 3.84. The number of aromatic nitrogens is 2. The van der Waals surface area contributed by atoms with Crippen molar-refractivity contribution >= 4 is 0 Å². The molecule has 0 aliphatic carbocycles. The highest BCUT2D eigenvalue weighted by Gasteiger charge is 2.22. The zero-order chi connectivity index (χ0) is 12.4. The Balaban J connectivity index is 2.29. The molecule has 96 valence electrons. The molecule has 1 unspecified atom stereocenters. The molecule has 0 spiro atoms. The Hall–Kier alpha value is -0.870. The summed E-state index contributed by atoms with van der Waals surface area (Å²) in [6.45, 7) is 9.37. The molecule has 1 aromatic rings. The summed E-state index contributed by atoms with van der Waals surface area (Å²) in [7, 11) is 0. The third-order valence-electron chi connectivity index (χ3n) is 3.88. The molecule has 0 saturated carbocycles. The van der Waals surface area contributed by atoms with Crippen molar-refractivity contribution in [3.8, 4) is 0 Å². The zero-order valence-electron chi connectivity index (χ0n) is 11.2. The van der Waals surface area contributed by atoms with Gasteiger partial charge in [-0.15, -0.1) is 0 Å². The van der Waals surface area contributed by atoms with Gasteiger partial charge in [0.05, 0.1) is 11.7 Å². The Morgan fingerprint density at radius 1 is 1.41 bits per heavy atom. The second-order valence-corrected chi connectivity index (χ2v) is 5.15. The van der Waals surface area contributed by atoms with E-state index in [0.717, 1.165) is 18.8 Å². The van der Waals surface area contributed by atoms with Crippen molar-refractivity contribution in [1.29, 1.82) is 0 Å². The standard InChI is InChI=1S/C13H24N4/c1-9(8-14)13-10(2)16-17(11(13)3)12-4-6-15-7-5-12/h9,12,15H,4-8,14H2,1-3H3. The smallest absolute Gasteiger partial charge is 0.0631 e. The Morgan fingerprint density at radius 2 is 2.06 bits per heavy atom. The van der Waals surface area contributed by atoms with E-state index in [0.29, 0.717) is 18.5 Å². The average molecular weight is 236 g/mol. The lowest BCUT2D eigenvalue weighted by atomic mass is 9.99. The molecule has 2 rings (SSSR count). The maximum absolute atomic E-state index is 5.78. The van der Waals surface area contributed by atoms with E-state index in [-0.39, 0.29) is 0 Å². The minimum atomic E-state index is 0.408. The van der Waals surface area contributed by atoms with Crippen LogP contribution in [0.5, 0.6) is 0 Å². The molecule has 2 heterocycles. The van der Waals surface area contributed by atoms with Crippen LogP contribution in [0.25, 0.3) is 0 Å². The fourth-order valence-corrected chi connectivity index (χ4v) is 2.91. The second kappa shape index (κ2) is 5.19. The largest absolute Gasteiger partial charge is 0.330 e. The zero-order valence-corrected chi connectivity index (χ0v) is 11.2. The van der Waals surface area contributed by atoms with Crippen molar-refractivity contribution in [1.82, 2.24) is 15.1 Å². The number of nitrogens with one attached hydrogen (secondary N) is 1. The SMILES string of the molecule is Cc1nn(C2CCNCC2)c(C)c1C(C)CN. The van der Waals surface area contributed by atoms with Gasteiger partial charge in [-0.25, -0.2) is 0 Å². The van der Waals surface area contributed by atoms with Crippen molar-refractivity contribution in [2.75, 3.05) is 19.6 Å². The van der Waals surface area contributed by atoms with Gasteiger partial charge in [-0.3, -0.25) is 4.68 Å². The molecule has 1 aliphatic heterocycles. The summed E-state index contributed by atoms with van der Waals surface area (Å²) < 4.78 is 2.23. The number of piperidine rings is 1. The second-order valence-electron chi connectivity index (χ2n) is 5.15. The van der Waals surface area contributed by atoms with Gasteiger partial charge in [-0.05, 0) is 57.8 Å². The van der Waals surface area contributed by atoms with Crippen LogP contribution in [-0.4, -0.2) is 29.4 Å². The van der Waals surface area contributed by atoms with Crippen LogP contribution in [0.4, 0.5) is 0 Å². The fraction of sp³-hybridized carbons (Fsp3) is 0.769. The van der Waals surface area contributed by atoms with Crippen LogP contribution in [0.3, 0.4) is 0 Å². The lowest BCUT2D eigenvalue weighted by molar-refractivity contribution is 0.337. The van der Waals surface area contributed by atoms with Crippen LogP contribution in [0.15, 0.2) is 0 Å². The number of nitrogens with two attached hydrogens (primary N) is 1. The normalized spacial score (nSPS) is 19.5. The van der Waals surface area contributed by atoms with Gasteiger partial charge in [0.1, 0.15) is 0 Å². The maximum Gasteiger partial charge on any atom is 0.0631 e. The molecular weight excluding hydrogens is 212 g/mol. The first-order valence-corrected chi connectivity index (χ1v) is 6.61. The van der Waals surface area contributed by atoms with Crippen LogP contribution in [-0.2, 0) is 0 Å². The highest BCUT2D eigenvalue weighted by molar-refractivity contribution is 5.29. The third-order valence-corrected chi connectivity index (χ3v) is 3.88. The van der Waals surface area contributed by atoms with Gasteiger partial charge < -0.3 is 11.1 Å². The summed E-state index contributed by atoms with van der Waals surface area (Å²) >= 11 is 0. The van der Waals surface area contributed by atoms with Crippen LogP contribution in [0.1, 0.15) is 48.7 Å². The van der Waals surface area contributed by atoms with Gasteiger partial charge in [-0.1, -0.05) is 6.92 Å². The molecule has 0 aromatic carbocycles. The number of hydrogen-bond donors (Lipinski definition) is 2. The third kappa shape index (κ3) is 2.38. The first-order chi connectivity index (χ1) is 8.15. The van der Waals surface area contributed by atoms with Crippen LogP contribution in [0, 0.1) is 13.8 Å². The van der Waals surface area contributed by atoms with E-state index in [9.17, 15) is 0 Å². The molecule has 0 bridgehead atoms. The van der Waals surface area contributed by atoms with E-state index in [1.165, 1.54) is 24.1 Å². The monoisotopic (exact) mass is 236 g/mol. The molecule has 1 atom stereocenters. The predicted octanol–water partition coefficient (Wildman–Crippen LogP) is 1.49. The summed E-state index contributed by atoms with van der Waals surface area (Å²) in [5, 5.41) is 8.13. The van der Waals surface area contributed by atoms with E-state index < -0.39 is 0 Å².